The molecule has 2 aliphatic heterocycles. The summed E-state index contributed by atoms with van der Waals surface area (Å²) in [5, 5.41) is 16.5. The molecule has 2 saturated heterocycles. The lowest BCUT2D eigenvalue weighted by Gasteiger charge is -2.26. The fourth-order valence-electron chi connectivity index (χ4n) is 3.96. The van der Waals surface area contributed by atoms with Gasteiger partial charge in [-0.2, -0.15) is 5.10 Å². The largest absolute Gasteiger partial charge is 0.391 e. The zero-order valence-corrected chi connectivity index (χ0v) is 16.3. The first-order valence-corrected chi connectivity index (χ1v) is 9.84. The van der Waals surface area contributed by atoms with Crippen LogP contribution in [0.3, 0.4) is 0 Å². The number of halogens is 2. The molecule has 0 radical (unpaired) electrons. The van der Waals surface area contributed by atoms with Gasteiger partial charge in [0.15, 0.2) is 5.65 Å². The SMILES string of the molecule is [2H]C1([2H])C[C@H](O)C([2H])([2H])N1C(=O)Nc1cnn2ccc(N3CCC[C@@H]3c3cc(F)ccc3F)nc12. The number of aliphatic hydroxyl groups excluding tert-OH is 1. The zero-order chi connectivity index (χ0) is 25.1. The van der Waals surface area contributed by atoms with Crippen molar-refractivity contribution < 1.29 is 24.2 Å². The summed E-state index contributed by atoms with van der Waals surface area (Å²) in [6.45, 7) is -4.48. The van der Waals surface area contributed by atoms with Crippen molar-refractivity contribution in [2.75, 3.05) is 29.8 Å². The van der Waals surface area contributed by atoms with E-state index in [1.807, 2.05) is 4.90 Å². The fraction of sp³-hybridized carbons (Fsp3) is 0.381. The Kier molecular flexibility index (Phi) is 3.89. The van der Waals surface area contributed by atoms with Gasteiger partial charge in [0.25, 0.3) is 0 Å². The summed E-state index contributed by atoms with van der Waals surface area (Å²) in [5.41, 5.74) is 0.517. The van der Waals surface area contributed by atoms with Gasteiger partial charge in [0, 0.05) is 34.0 Å². The van der Waals surface area contributed by atoms with Gasteiger partial charge in [-0.3, -0.25) is 0 Å². The minimum Gasteiger partial charge on any atom is -0.391 e. The van der Waals surface area contributed by atoms with E-state index in [1.54, 1.807) is 12.3 Å². The second kappa shape index (κ2) is 7.77. The van der Waals surface area contributed by atoms with Crippen molar-refractivity contribution >= 4 is 23.2 Å². The minimum atomic E-state index is -2.62. The Bertz CT molecular complexity index is 1310. The van der Waals surface area contributed by atoms with Crippen LogP contribution in [0.25, 0.3) is 5.65 Å². The predicted molar refractivity (Wildman–Crippen MR) is 110 cm³/mol. The van der Waals surface area contributed by atoms with Gasteiger partial charge >= 0.3 is 6.03 Å². The van der Waals surface area contributed by atoms with Crippen molar-refractivity contribution in [3.05, 3.63) is 53.9 Å². The second-order valence-electron chi connectivity index (χ2n) is 7.40. The molecule has 0 unspecified atom stereocenters. The van der Waals surface area contributed by atoms with Crippen LogP contribution in [0.4, 0.5) is 25.1 Å². The molecule has 1 aromatic carbocycles. The Morgan fingerprint density at radius 1 is 1.29 bits per heavy atom. The van der Waals surface area contributed by atoms with Crippen LogP contribution in [0.1, 0.15) is 36.4 Å². The number of rotatable bonds is 3. The number of hydrogen-bond donors (Lipinski definition) is 2. The first-order chi connectivity index (χ1) is 16.5. The molecule has 5 rings (SSSR count). The highest BCUT2D eigenvalue weighted by Gasteiger charge is 2.30. The maximum Gasteiger partial charge on any atom is 0.322 e. The van der Waals surface area contributed by atoms with E-state index in [0.717, 1.165) is 18.6 Å². The molecule has 10 heteroatoms. The van der Waals surface area contributed by atoms with E-state index < -0.39 is 49.2 Å². The highest BCUT2D eigenvalue weighted by Crippen LogP contribution is 2.37. The number of hydrogen-bond acceptors (Lipinski definition) is 5. The van der Waals surface area contributed by atoms with E-state index >= 15 is 0 Å². The standard InChI is InChI=1S/C21H22F2N6O2/c22-13-3-4-16(23)15(10-13)18-2-1-7-28(18)19-6-9-29-20(26-19)17(11-24-29)25-21(31)27-8-5-14(30)12-27/h3-4,6,9-11,14,18,30H,1-2,5,7-8,12H2,(H,25,31)/t14-,18+/m0/s1/i8D2,12D2. The fourth-order valence-corrected chi connectivity index (χ4v) is 3.96. The maximum atomic E-state index is 14.5. The molecule has 162 valence electrons. The molecule has 0 bridgehead atoms. The topological polar surface area (TPSA) is 86.0 Å². The van der Waals surface area contributed by atoms with Crippen molar-refractivity contribution in [2.45, 2.75) is 31.4 Å². The Morgan fingerprint density at radius 2 is 2.16 bits per heavy atom. The summed E-state index contributed by atoms with van der Waals surface area (Å²) >= 11 is 0. The van der Waals surface area contributed by atoms with Gasteiger partial charge in [-0.25, -0.2) is 23.1 Å². The average Bonchev–Trinajstić information content (AvgIpc) is 3.45. The van der Waals surface area contributed by atoms with Crippen LogP contribution >= 0.6 is 0 Å². The number of aromatic nitrogens is 3. The van der Waals surface area contributed by atoms with Crippen LogP contribution in [0.15, 0.2) is 36.7 Å². The zero-order valence-electron chi connectivity index (χ0n) is 20.3. The number of carbonyl (C=O) groups is 1. The van der Waals surface area contributed by atoms with Crippen LogP contribution < -0.4 is 10.2 Å². The average molecular weight is 432 g/mol. The van der Waals surface area contributed by atoms with E-state index in [2.05, 4.69) is 15.4 Å². The molecule has 8 nitrogen and oxygen atoms in total. The Labute approximate surface area is 182 Å². The molecule has 31 heavy (non-hydrogen) atoms. The number of urea groups is 1. The lowest BCUT2D eigenvalue weighted by Crippen LogP contribution is -2.33. The molecular weight excluding hydrogens is 406 g/mol. The van der Waals surface area contributed by atoms with Crippen LogP contribution in [0.5, 0.6) is 0 Å². The van der Waals surface area contributed by atoms with Crippen molar-refractivity contribution in [2.24, 2.45) is 0 Å². The Hall–Kier alpha value is -3.27. The highest BCUT2D eigenvalue weighted by atomic mass is 19.1. The molecule has 3 aromatic rings. The quantitative estimate of drug-likeness (QED) is 0.665. The van der Waals surface area contributed by atoms with Gasteiger partial charge < -0.3 is 20.2 Å². The smallest absolute Gasteiger partial charge is 0.322 e. The summed E-state index contributed by atoms with van der Waals surface area (Å²) in [6.07, 6.45) is 1.94. The highest BCUT2D eigenvalue weighted by molar-refractivity contribution is 5.93. The molecule has 2 amide bonds. The van der Waals surface area contributed by atoms with Crippen molar-refractivity contribution in [1.82, 2.24) is 19.5 Å². The minimum absolute atomic E-state index is 0.0949. The number of aliphatic hydroxyl groups is 1. The van der Waals surface area contributed by atoms with Gasteiger partial charge in [0.1, 0.15) is 23.1 Å². The molecule has 0 saturated carbocycles. The Morgan fingerprint density at radius 3 is 2.97 bits per heavy atom. The third kappa shape index (κ3) is 3.67. The molecule has 2 atom stereocenters. The van der Waals surface area contributed by atoms with E-state index in [9.17, 15) is 18.7 Å². The summed E-state index contributed by atoms with van der Waals surface area (Å²) < 4.78 is 61.5. The number of nitrogens with zero attached hydrogens (tertiary/aromatic N) is 5. The van der Waals surface area contributed by atoms with E-state index in [1.165, 1.54) is 16.8 Å². The maximum absolute atomic E-state index is 14.5. The number of β-amino-alcohol motifs (C(OH)–C–C–N with tert-alkyl or cyclic N) is 1. The van der Waals surface area contributed by atoms with E-state index in [-0.39, 0.29) is 16.9 Å². The van der Waals surface area contributed by atoms with Crippen molar-refractivity contribution in [1.29, 1.82) is 0 Å². The summed E-state index contributed by atoms with van der Waals surface area (Å²) in [4.78, 5) is 19.6. The second-order valence-corrected chi connectivity index (χ2v) is 7.40. The molecule has 2 fully saturated rings. The molecule has 2 aliphatic rings. The lowest BCUT2D eigenvalue weighted by atomic mass is 10.0. The number of anilines is 2. The van der Waals surface area contributed by atoms with Crippen LogP contribution in [-0.4, -0.2) is 56.3 Å². The number of benzene rings is 1. The van der Waals surface area contributed by atoms with Crippen LogP contribution in [0.2, 0.25) is 0 Å². The molecular formula is C21H22F2N6O2. The van der Waals surface area contributed by atoms with Gasteiger partial charge in [0.2, 0.25) is 0 Å². The number of fused-ring (bicyclic) bond motifs is 1. The van der Waals surface area contributed by atoms with Crippen LogP contribution in [-0.2, 0) is 0 Å². The van der Waals surface area contributed by atoms with E-state index in [4.69, 9.17) is 5.48 Å². The predicted octanol–water partition coefficient (Wildman–Crippen LogP) is 2.95. The lowest BCUT2D eigenvalue weighted by molar-refractivity contribution is 0.176. The van der Waals surface area contributed by atoms with Gasteiger partial charge in [-0.15, -0.1) is 0 Å². The third-order valence-electron chi connectivity index (χ3n) is 5.38. The first kappa shape index (κ1) is 15.5. The van der Waals surface area contributed by atoms with Gasteiger partial charge in [-0.1, -0.05) is 0 Å². The summed E-state index contributed by atoms with van der Waals surface area (Å²) in [5.74, 6) is -0.607. The van der Waals surface area contributed by atoms with Crippen molar-refractivity contribution in [3.8, 4) is 0 Å². The summed E-state index contributed by atoms with van der Waals surface area (Å²) in [7, 11) is 0. The van der Waals surface area contributed by atoms with Crippen LogP contribution in [0, 0.1) is 11.6 Å². The summed E-state index contributed by atoms with van der Waals surface area (Å²) in [6, 6.07) is 3.46. The third-order valence-corrected chi connectivity index (χ3v) is 5.38. The number of nitrogens with one attached hydrogen (secondary N) is 1. The molecule has 0 spiro atoms. The van der Waals surface area contributed by atoms with E-state index in [0.29, 0.717) is 23.7 Å². The molecule has 2 N–H and O–H groups in total. The van der Waals surface area contributed by atoms with Gasteiger partial charge in [0.05, 0.1) is 21.1 Å². The molecule has 0 aliphatic carbocycles. The molecule has 2 aromatic heterocycles. The molecule has 4 heterocycles. The number of amides is 2. The first-order valence-electron chi connectivity index (χ1n) is 11.8. The van der Waals surface area contributed by atoms with Crippen molar-refractivity contribution in [3.63, 3.8) is 0 Å². The number of likely N-dealkylation sites (tertiary alicyclic amines) is 1. The normalized spacial score (nSPS) is 26.4. The Balaban J connectivity index is 1.46. The number of carbonyl (C=O) groups excluding carboxylic acids is 1. The van der Waals surface area contributed by atoms with Gasteiger partial charge in [-0.05, 0) is 43.5 Å². The monoisotopic (exact) mass is 432 g/mol.